The van der Waals surface area contributed by atoms with E-state index in [-0.39, 0.29) is 17.0 Å². The van der Waals surface area contributed by atoms with Gasteiger partial charge in [0, 0.05) is 16.3 Å². The van der Waals surface area contributed by atoms with E-state index in [4.69, 9.17) is 17.3 Å². The predicted molar refractivity (Wildman–Crippen MR) is 125 cm³/mol. The quantitative estimate of drug-likeness (QED) is 0.343. The van der Waals surface area contributed by atoms with E-state index in [0.717, 1.165) is 22.4 Å². The summed E-state index contributed by atoms with van der Waals surface area (Å²) >= 11 is 6.34. The average molecular weight is 483 g/mol. The number of benzene rings is 4. The van der Waals surface area contributed by atoms with E-state index in [1.807, 2.05) is 18.2 Å². The summed E-state index contributed by atoms with van der Waals surface area (Å²) in [4.78, 5) is 0. The Kier molecular flexibility index (Phi) is 7.14. The normalized spacial score (nSPS) is 10.9. The van der Waals surface area contributed by atoms with Crippen molar-refractivity contribution in [2.24, 2.45) is 0 Å². The lowest BCUT2D eigenvalue weighted by Crippen LogP contribution is -3.00. The molecule has 0 heterocycles. The molecular weight excluding hydrogens is 461 g/mol. The lowest BCUT2D eigenvalue weighted by Gasteiger charge is -2.28. The molecular formula is C25H22BrClNP. The van der Waals surface area contributed by atoms with Crippen molar-refractivity contribution < 1.29 is 17.0 Å². The topological polar surface area (TPSA) is 26.0 Å². The van der Waals surface area contributed by atoms with E-state index in [0.29, 0.717) is 0 Å². The van der Waals surface area contributed by atoms with Crippen LogP contribution in [0.5, 0.6) is 0 Å². The first-order valence-electron chi connectivity index (χ1n) is 9.29. The minimum absolute atomic E-state index is 0. The molecule has 0 amide bonds. The highest BCUT2D eigenvalue weighted by Crippen LogP contribution is 2.58. The van der Waals surface area contributed by atoms with Crippen LogP contribution in [0.25, 0.3) is 0 Å². The molecule has 4 rings (SSSR count). The zero-order chi connectivity index (χ0) is 19.4. The van der Waals surface area contributed by atoms with Crippen LogP contribution in [0.4, 0.5) is 5.69 Å². The second-order valence-corrected chi connectivity index (χ2v) is 10.7. The molecule has 4 aromatic rings. The molecule has 4 aromatic carbocycles. The Morgan fingerprint density at radius 2 is 1.03 bits per heavy atom. The van der Waals surface area contributed by atoms with Crippen LogP contribution in [0, 0.1) is 0 Å². The van der Waals surface area contributed by atoms with E-state index in [1.54, 1.807) is 0 Å². The van der Waals surface area contributed by atoms with Gasteiger partial charge in [-0.25, -0.2) is 0 Å². The highest BCUT2D eigenvalue weighted by atomic mass is 79.9. The van der Waals surface area contributed by atoms with Crippen molar-refractivity contribution >= 4 is 40.5 Å². The summed E-state index contributed by atoms with van der Waals surface area (Å²) < 4.78 is 0. The van der Waals surface area contributed by atoms with Crippen LogP contribution < -0.4 is 38.6 Å². The molecule has 0 saturated carbocycles. The van der Waals surface area contributed by atoms with E-state index in [1.165, 1.54) is 15.9 Å². The first kappa shape index (κ1) is 21.6. The molecule has 0 aromatic heterocycles. The van der Waals surface area contributed by atoms with Crippen LogP contribution >= 0.6 is 18.9 Å². The van der Waals surface area contributed by atoms with Crippen molar-refractivity contribution in [2.75, 3.05) is 5.73 Å². The predicted octanol–water partition coefficient (Wildman–Crippen LogP) is 2.42. The van der Waals surface area contributed by atoms with E-state index < -0.39 is 7.26 Å². The third-order valence-corrected chi connectivity index (χ3v) is 9.69. The standard InChI is InChI=1S/C25H22ClNP.BrH/c26-21-16-17-25(27)20(18-21)19-28(22-10-4-1-5-11-22,23-12-6-2-7-13-23)24-14-8-3-9-15-24;/h1-18H,19,27H2;1H/q+1;/p-1. The fourth-order valence-corrected chi connectivity index (χ4v) is 8.20. The molecule has 146 valence electrons. The summed E-state index contributed by atoms with van der Waals surface area (Å²) in [6.07, 6.45) is 0.831. The Bertz CT molecular complexity index is 959. The number of halogens is 2. The van der Waals surface area contributed by atoms with Gasteiger partial charge < -0.3 is 22.7 Å². The molecule has 1 nitrogen and oxygen atoms in total. The summed E-state index contributed by atoms with van der Waals surface area (Å²) in [5, 5.41) is 4.74. The van der Waals surface area contributed by atoms with Gasteiger partial charge in [0.15, 0.2) is 0 Å². The second kappa shape index (κ2) is 9.59. The van der Waals surface area contributed by atoms with Crippen LogP contribution in [0.3, 0.4) is 0 Å². The van der Waals surface area contributed by atoms with Gasteiger partial charge in [-0.1, -0.05) is 66.2 Å². The van der Waals surface area contributed by atoms with Crippen molar-refractivity contribution in [3.05, 3.63) is 120 Å². The average Bonchev–Trinajstić information content (AvgIpc) is 2.76. The maximum absolute atomic E-state index is 6.39. The molecule has 0 spiro atoms. The first-order chi connectivity index (χ1) is 13.7. The minimum atomic E-state index is -1.96. The molecule has 2 N–H and O–H groups in total. The summed E-state index contributed by atoms with van der Waals surface area (Å²) in [6, 6.07) is 38.2. The molecule has 29 heavy (non-hydrogen) atoms. The zero-order valence-corrected chi connectivity index (χ0v) is 19.1. The molecule has 0 aliphatic carbocycles. The van der Waals surface area contributed by atoms with Crippen LogP contribution in [-0.2, 0) is 6.16 Å². The Labute approximate surface area is 188 Å². The van der Waals surface area contributed by atoms with E-state index in [9.17, 15) is 0 Å². The van der Waals surface area contributed by atoms with Gasteiger partial charge in [-0.05, 0) is 54.6 Å². The lowest BCUT2D eigenvalue weighted by atomic mass is 10.2. The Hall–Kier alpha value is -2.12. The van der Waals surface area contributed by atoms with Crippen molar-refractivity contribution in [3.8, 4) is 0 Å². The van der Waals surface area contributed by atoms with Gasteiger partial charge in [-0.15, -0.1) is 0 Å². The number of rotatable bonds is 5. The largest absolute Gasteiger partial charge is 1.00 e. The summed E-state index contributed by atoms with van der Waals surface area (Å²) in [5.74, 6) is 0. The minimum Gasteiger partial charge on any atom is -1.00 e. The fourth-order valence-electron chi connectivity index (χ4n) is 3.74. The highest BCUT2D eigenvalue weighted by molar-refractivity contribution is 7.95. The molecule has 0 bridgehead atoms. The van der Waals surface area contributed by atoms with Gasteiger partial charge in [0.25, 0.3) is 0 Å². The van der Waals surface area contributed by atoms with Crippen molar-refractivity contribution in [1.29, 1.82) is 0 Å². The molecule has 0 atom stereocenters. The Morgan fingerprint density at radius 3 is 1.45 bits per heavy atom. The van der Waals surface area contributed by atoms with E-state index in [2.05, 4.69) is 91.0 Å². The van der Waals surface area contributed by atoms with Gasteiger partial charge in [0.2, 0.25) is 0 Å². The number of hydrogen-bond acceptors (Lipinski definition) is 1. The number of hydrogen-bond donors (Lipinski definition) is 1. The zero-order valence-electron chi connectivity index (χ0n) is 15.9. The second-order valence-electron chi connectivity index (χ2n) is 6.82. The first-order valence-corrected chi connectivity index (χ1v) is 11.6. The van der Waals surface area contributed by atoms with Crippen molar-refractivity contribution in [3.63, 3.8) is 0 Å². The van der Waals surface area contributed by atoms with Gasteiger partial charge in [0.05, 0.1) is 0 Å². The molecule has 4 heteroatoms. The third-order valence-electron chi connectivity index (χ3n) is 5.10. The lowest BCUT2D eigenvalue weighted by molar-refractivity contribution is -0.00000536. The van der Waals surface area contributed by atoms with Crippen LogP contribution in [0.1, 0.15) is 5.56 Å². The molecule has 0 aliphatic heterocycles. The van der Waals surface area contributed by atoms with Crippen molar-refractivity contribution in [2.45, 2.75) is 6.16 Å². The number of nitrogen functional groups attached to an aromatic ring is 1. The molecule has 0 fully saturated rings. The molecule has 0 aliphatic rings. The highest BCUT2D eigenvalue weighted by Gasteiger charge is 2.45. The summed E-state index contributed by atoms with van der Waals surface area (Å²) in [6.45, 7) is 0. The molecule has 0 saturated heterocycles. The van der Waals surface area contributed by atoms with Gasteiger partial charge in [0.1, 0.15) is 29.3 Å². The van der Waals surface area contributed by atoms with Gasteiger partial charge in [-0.3, -0.25) is 0 Å². The van der Waals surface area contributed by atoms with Gasteiger partial charge in [-0.2, -0.15) is 0 Å². The SMILES string of the molecule is Nc1ccc(Cl)cc1C[P+](c1ccccc1)(c1ccccc1)c1ccccc1.[Br-]. The van der Waals surface area contributed by atoms with E-state index >= 15 is 0 Å². The maximum Gasteiger partial charge on any atom is 0.116 e. The maximum atomic E-state index is 6.39. The molecule has 0 radical (unpaired) electrons. The summed E-state index contributed by atoms with van der Waals surface area (Å²) in [5.41, 5.74) is 8.27. The fraction of sp³-hybridized carbons (Fsp3) is 0.0400. The third kappa shape index (κ3) is 4.41. The Morgan fingerprint density at radius 1 is 0.621 bits per heavy atom. The number of anilines is 1. The monoisotopic (exact) mass is 481 g/mol. The summed E-state index contributed by atoms with van der Waals surface area (Å²) in [7, 11) is -1.96. The smallest absolute Gasteiger partial charge is 0.116 e. The van der Waals surface area contributed by atoms with Crippen LogP contribution in [0.2, 0.25) is 5.02 Å². The van der Waals surface area contributed by atoms with Crippen LogP contribution in [-0.4, -0.2) is 0 Å². The number of nitrogens with two attached hydrogens (primary N) is 1. The van der Waals surface area contributed by atoms with Gasteiger partial charge >= 0.3 is 0 Å². The Balaban J connectivity index is 0.00000240. The molecule has 0 unspecified atom stereocenters. The van der Waals surface area contributed by atoms with Crippen molar-refractivity contribution in [1.82, 2.24) is 0 Å². The van der Waals surface area contributed by atoms with Crippen LogP contribution in [0.15, 0.2) is 109 Å².